The maximum absolute atomic E-state index is 11.4. The van der Waals surface area contributed by atoms with E-state index in [9.17, 15) is 4.79 Å². The molecule has 0 radical (unpaired) electrons. The summed E-state index contributed by atoms with van der Waals surface area (Å²) in [5.41, 5.74) is 2.41. The molecule has 2 atom stereocenters. The van der Waals surface area contributed by atoms with E-state index in [0.29, 0.717) is 12.2 Å². The van der Waals surface area contributed by atoms with Crippen molar-refractivity contribution < 1.29 is 4.79 Å². The third-order valence-corrected chi connectivity index (χ3v) is 4.87. The van der Waals surface area contributed by atoms with E-state index >= 15 is 0 Å². The van der Waals surface area contributed by atoms with Gasteiger partial charge in [-0.3, -0.25) is 4.79 Å². The van der Waals surface area contributed by atoms with Crippen LogP contribution >= 0.6 is 21.0 Å². The minimum absolute atomic E-state index is 0.157. The SMILES string of the molecule is C=C1C(P)CSc2ccccc2N1CC(C)=O. The zero-order valence-corrected chi connectivity index (χ0v) is 11.8. The first kappa shape index (κ1) is 12.7. The number of anilines is 1. The monoisotopic (exact) mass is 265 g/mol. The van der Waals surface area contributed by atoms with Crippen LogP contribution in [-0.2, 0) is 4.79 Å². The number of carbonyl (C=O) groups excluding carboxylic acids is 1. The average molecular weight is 265 g/mol. The van der Waals surface area contributed by atoms with E-state index in [1.54, 1.807) is 6.92 Å². The van der Waals surface area contributed by atoms with Gasteiger partial charge in [-0.25, -0.2) is 0 Å². The first-order valence-corrected chi connectivity index (χ1v) is 7.18. The molecule has 2 unspecified atom stereocenters. The van der Waals surface area contributed by atoms with Gasteiger partial charge in [0.2, 0.25) is 0 Å². The van der Waals surface area contributed by atoms with Gasteiger partial charge in [-0.2, -0.15) is 0 Å². The number of hydrogen-bond donors (Lipinski definition) is 0. The number of rotatable bonds is 2. The second-order valence-electron chi connectivity index (χ2n) is 4.16. The van der Waals surface area contributed by atoms with E-state index in [1.165, 1.54) is 4.90 Å². The van der Waals surface area contributed by atoms with Gasteiger partial charge in [0.25, 0.3) is 0 Å². The van der Waals surface area contributed by atoms with E-state index in [2.05, 4.69) is 28.0 Å². The topological polar surface area (TPSA) is 20.3 Å². The highest BCUT2D eigenvalue weighted by molar-refractivity contribution is 7.99. The molecular formula is C13H16NOPS. The summed E-state index contributed by atoms with van der Waals surface area (Å²) in [7, 11) is 2.81. The Morgan fingerprint density at radius 1 is 1.59 bits per heavy atom. The lowest BCUT2D eigenvalue weighted by Crippen LogP contribution is -2.31. The lowest BCUT2D eigenvalue weighted by atomic mass is 10.2. The van der Waals surface area contributed by atoms with Crippen molar-refractivity contribution in [2.45, 2.75) is 17.5 Å². The summed E-state index contributed by atoms with van der Waals surface area (Å²) in [5.74, 6) is 1.14. The van der Waals surface area contributed by atoms with Crippen molar-refractivity contribution in [1.82, 2.24) is 0 Å². The summed E-state index contributed by atoms with van der Waals surface area (Å²) in [4.78, 5) is 14.6. The molecule has 4 heteroatoms. The van der Waals surface area contributed by atoms with Crippen LogP contribution in [0.1, 0.15) is 6.92 Å². The first-order valence-electron chi connectivity index (χ1n) is 5.53. The molecule has 1 aromatic carbocycles. The van der Waals surface area contributed by atoms with E-state index < -0.39 is 0 Å². The summed E-state index contributed by atoms with van der Waals surface area (Å²) >= 11 is 1.82. The van der Waals surface area contributed by atoms with E-state index in [0.717, 1.165) is 17.1 Å². The fourth-order valence-electron chi connectivity index (χ4n) is 1.84. The Morgan fingerprint density at radius 2 is 2.29 bits per heavy atom. The number of benzene rings is 1. The third kappa shape index (κ3) is 2.72. The Labute approximate surface area is 109 Å². The van der Waals surface area contributed by atoms with Crippen molar-refractivity contribution in [2.75, 3.05) is 17.2 Å². The highest BCUT2D eigenvalue weighted by Gasteiger charge is 2.23. The van der Waals surface area contributed by atoms with Crippen LogP contribution in [0.15, 0.2) is 41.4 Å². The van der Waals surface area contributed by atoms with Crippen molar-refractivity contribution in [3.8, 4) is 0 Å². The second-order valence-corrected chi connectivity index (χ2v) is 6.03. The van der Waals surface area contributed by atoms with Crippen molar-refractivity contribution in [2.24, 2.45) is 0 Å². The fraction of sp³-hybridized carbons (Fsp3) is 0.308. The molecule has 0 aromatic heterocycles. The largest absolute Gasteiger partial charge is 0.337 e. The maximum Gasteiger partial charge on any atom is 0.149 e. The number of allylic oxidation sites excluding steroid dienone is 1. The molecule has 1 aromatic rings. The number of para-hydroxylation sites is 1. The van der Waals surface area contributed by atoms with Gasteiger partial charge >= 0.3 is 0 Å². The van der Waals surface area contributed by atoms with Crippen molar-refractivity contribution in [3.63, 3.8) is 0 Å². The molecule has 2 nitrogen and oxygen atoms in total. The summed E-state index contributed by atoms with van der Waals surface area (Å²) in [6.07, 6.45) is 0. The van der Waals surface area contributed by atoms with Crippen LogP contribution < -0.4 is 4.90 Å². The third-order valence-electron chi connectivity index (χ3n) is 2.73. The van der Waals surface area contributed by atoms with Crippen LogP contribution in [-0.4, -0.2) is 23.7 Å². The predicted molar refractivity (Wildman–Crippen MR) is 77.8 cm³/mol. The molecule has 0 aliphatic carbocycles. The minimum atomic E-state index is 0.157. The minimum Gasteiger partial charge on any atom is -0.337 e. The lowest BCUT2D eigenvalue weighted by Gasteiger charge is -2.27. The van der Waals surface area contributed by atoms with E-state index in [-0.39, 0.29) is 5.78 Å². The Morgan fingerprint density at radius 3 is 3.00 bits per heavy atom. The van der Waals surface area contributed by atoms with Crippen molar-refractivity contribution in [3.05, 3.63) is 36.5 Å². The van der Waals surface area contributed by atoms with Gasteiger partial charge in [0.1, 0.15) is 5.78 Å². The number of Topliss-reactive ketones (excluding diaryl/α,β-unsaturated/α-hetero) is 1. The van der Waals surface area contributed by atoms with E-state index in [1.807, 2.05) is 28.8 Å². The number of thioether (sulfide) groups is 1. The van der Waals surface area contributed by atoms with Crippen molar-refractivity contribution >= 4 is 32.5 Å². The molecule has 1 heterocycles. The molecule has 0 saturated heterocycles. The molecule has 0 saturated carbocycles. The number of carbonyl (C=O) groups is 1. The zero-order valence-electron chi connectivity index (χ0n) is 9.85. The molecule has 17 heavy (non-hydrogen) atoms. The standard InChI is InChI=1S/C13H16NOPS/c1-9(15)7-14-10(2)12(16)8-17-13-6-4-3-5-11(13)14/h3-6,12H,2,7-8,16H2,1H3. The molecule has 1 aliphatic heterocycles. The number of hydrogen-bond acceptors (Lipinski definition) is 3. The quantitative estimate of drug-likeness (QED) is 0.767. The smallest absolute Gasteiger partial charge is 0.149 e. The molecule has 90 valence electrons. The average Bonchev–Trinajstić information content (AvgIpc) is 2.42. The molecule has 0 spiro atoms. The first-order chi connectivity index (χ1) is 8.09. The molecule has 0 amide bonds. The molecule has 2 rings (SSSR count). The second kappa shape index (κ2) is 5.24. The summed E-state index contributed by atoms with van der Waals surface area (Å²) in [6.45, 7) is 6.15. The molecular weight excluding hydrogens is 249 g/mol. The Balaban J connectivity index is 2.43. The van der Waals surface area contributed by atoms with Crippen LogP contribution in [0, 0.1) is 0 Å². The Bertz CT molecular complexity index is 460. The number of nitrogens with zero attached hydrogens (tertiary/aromatic N) is 1. The molecule has 0 N–H and O–H groups in total. The molecule has 1 aliphatic rings. The van der Waals surface area contributed by atoms with E-state index in [4.69, 9.17) is 0 Å². The number of fused-ring (bicyclic) bond motifs is 1. The number of ketones is 1. The Hall–Kier alpha value is -0.790. The lowest BCUT2D eigenvalue weighted by molar-refractivity contribution is -0.115. The highest BCUT2D eigenvalue weighted by atomic mass is 32.2. The summed E-state index contributed by atoms with van der Waals surface area (Å²) in [5, 5.41) is 0. The maximum atomic E-state index is 11.4. The van der Waals surface area contributed by atoms with Crippen LogP contribution in [0.5, 0.6) is 0 Å². The normalized spacial score (nSPS) is 19.8. The van der Waals surface area contributed by atoms with Crippen LogP contribution in [0.3, 0.4) is 0 Å². The van der Waals surface area contributed by atoms with Crippen LogP contribution in [0.4, 0.5) is 5.69 Å². The van der Waals surface area contributed by atoms with Gasteiger partial charge in [0.15, 0.2) is 0 Å². The van der Waals surface area contributed by atoms with Crippen LogP contribution in [0.25, 0.3) is 0 Å². The van der Waals surface area contributed by atoms with Gasteiger partial charge in [-0.15, -0.1) is 21.0 Å². The molecule has 0 fully saturated rings. The fourth-order valence-corrected chi connectivity index (χ4v) is 3.36. The van der Waals surface area contributed by atoms with Gasteiger partial charge in [-0.1, -0.05) is 18.7 Å². The van der Waals surface area contributed by atoms with Crippen molar-refractivity contribution in [1.29, 1.82) is 0 Å². The van der Waals surface area contributed by atoms with Crippen LogP contribution in [0.2, 0.25) is 0 Å². The van der Waals surface area contributed by atoms with Gasteiger partial charge in [-0.05, 0) is 19.1 Å². The predicted octanol–water partition coefficient (Wildman–Crippen LogP) is 2.95. The van der Waals surface area contributed by atoms with Gasteiger partial charge < -0.3 is 4.90 Å². The summed E-state index contributed by atoms with van der Waals surface area (Å²) in [6, 6.07) is 8.19. The van der Waals surface area contributed by atoms with Gasteiger partial charge in [0.05, 0.1) is 12.2 Å². The van der Waals surface area contributed by atoms with Gasteiger partial charge in [0, 0.05) is 22.0 Å². The zero-order chi connectivity index (χ0) is 12.4. The summed E-state index contributed by atoms with van der Waals surface area (Å²) < 4.78 is 0. The highest BCUT2D eigenvalue weighted by Crippen LogP contribution is 2.38. The Kier molecular flexibility index (Phi) is 3.90. The molecule has 0 bridgehead atoms.